The van der Waals surface area contributed by atoms with E-state index in [1.807, 2.05) is 6.07 Å². The van der Waals surface area contributed by atoms with Crippen molar-refractivity contribution in [2.24, 2.45) is 0 Å². The Labute approximate surface area is 96.6 Å². The van der Waals surface area contributed by atoms with Crippen LogP contribution in [0.3, 0.4) is 0 Å². The second-order valence-electron chi connectivity index (χ2n) is 5.08. The first kappa shape index (κ1) is 10.3. The van der Waals surface area contributed by atoms with Gasteiger partial charge in [-0.3, -0.25) is 0 Å². The van der Waals surface area contributed by atoms with Gasteiger partial charge in [0.15, 0.2) is 0 Å². The number of fused-ring (bicyclic) bond motifs is 1. The Bertz CT molecular complexity index is 362. The molecular weight excluding hydrogens is 200 g/mol. The van der Waals surface area contributed by atoms with E-state index in [0.29, 0.717) is 18.8 Å². The molecule has 0 unspecified atom stereocenters. The molecule has 0 bridgehead atoms. The highest BCUT2D eigenvalue weighted by Gasteiger charge is 2.58. The van der Waals surface area contributed by atoms with Crippen LogP contribution < -0.4 is 0 Å². The molecule has 1 aliphatic heterocycles. The van der Waals surface area contributed by atoms with E-state index >= 15 is 0 Å². The minimum absolute atomic E-state index is 0.138. The summed E-state index contributed by atoms with van der Waals surface area (Å²) in [4.78, 5) is 0. The molecule has 1 aromatic carbocycles. The molecule has 0 amide bonds. The van der Waals surface area contributed by atoms with Crippen LogP contribution in [0.25, 0.3) is 0 Å². The molecule has 0 spiro atoms. The monoisotopic (exact) mass is 218 g/mol. The standard InChI is InChI=1S/C14H18O2/c1-14-9-5-8-12(13(14)16-14)15-10-11-6-3-2-4-7-11/h2-4,6-7,12-13H,5,8-10H2,1H3/t12-,13-,14+/m1/s1. The lowest BCUT2D eigenvalue weighted by molar-refractivity contribution is 0.0123. The third-order valence-electron chi connectivity index (χ3n) is 3.75. The first-order valence-corrected chi connectivity index (χ1v) is 6.11. The lowest BCUT2D eigenvalue weighted by atomic mass is 9.88. The van der Waals surface area contributed by atoms with Crippen LogP contribution in [0.2, 0.25) is 0 Å². The Morgan fingerprint density at radius 1 is 1.38 bits per heavy atom. The molecule has 86 valence electrons. The zero-order valence-corrected chi connectivity index (χ0v) is 9.69. The van der Waals surface area contributed by atoms with Crippen molar-refractivity contribution >= 4 is 0 Å². The molecule has 2 aliphatic rings. The van der Waals surface area contributed by atoms with E-state index in [1.165, 1.54) is 18.4 Å². The third-order valence-corrected chi connectivity index (χ3v) is 3.75. The molecule has 0 N–H and O–H groups in total. The molecule has 2 nitrogen and oxygen atoms in total. The molecule has 1 heterocycles. The van der Waals surface area contributed by atoms with E-state index in [2.05, 4.69) is 31.2 Å². The summed E-state index contributed by atoms with van der Waals surface area (Å²) in [6.07, 6.45) is 4.23. The van der Waals surface area contributed by atoms with E-state index in [1.54, 1.807) is 0 Å². The molecule has 3 rings (SSSR count). The smallest absolute Gasteiger partial charge is 0.113 e. The van der Waals surface area contributed by atoms with Gasteiger partial charge in [0.05, 0.1) is 18.3 Å². The van der Waals surface area contributed by atoms with Gasteiger partial charge in [-0.25, -0.2) is 0 Å². The van der Waals surface area contributed by atoms with Gasteiger partial charge >= 0.3 is 0 Å². The Morgan fingerprint density at radius 2 is 2.19 bits per heavy atom. The fourth-order valence-electron chi connectivity index (χ4n) is 2.68. The van der Waals surface area contributed by atoms with Crippen molar-refractivity contribution in [1.82, 2.24) is 0 Å². The van der Waals surface area contributed by atoms with Gasteiger partial charge in [0.2, 0.25) is 0 Å². The lowest BCUT2D eigenvalue weighted by Gasteiger charge is -2.22. The SMILES string of the molecule is C[C@]12CCC[C@@H](OCc3ccccc3)[C@H]1O2. The van der Waals surface area contributed by atoms with Gasteiger partial charge in [-0.1, -0.05) is 30.3 Å². The minimum Gasteiger partial charge on any atom is -0.371 e. The number of rotatable bonds is 3. The molecule has 1 aromatic rings. The minimum atomic E-state index is 0.138. The van der Waals surface area contributed by atoms with E-state index in [-0.39, 0.29) is 5.60 Å². The van der Waals surface area contributed by atoms with Crippen LogP contribution in [0.1, 0.15) is 31.7 Å². The van der Waals surface area contributed by atoms with Gasteiger partial charge in [-0.15, -0.1) is 0 Å². The summed E-state index contributed by atoms with van der Waals surface area (Å²) >= 11 is 0. The number of ether oxygens (including phenoxy) is 2. The highest BCUT2D eigenvalue weighted by atomic mass is 16.6. The summed E-state index contributed by atoms with van der Waals surface area (Å²) in [6.45, 7) is 2.91. The van der Waals surface area contributed by atoms with Crippen LogP contribution in [-0.2, 0) is 16.1 Å². The summed E-state index contributed by atoms with van der Waals surface area (Å²) in [5, 5.41) is 0. The number of epoxide rings is 1. The largest absolute Gasteiger partial charge is 0.371 e. The average Bonchev–Trinajstić information content (AvgIpc) is 3.00. The second-order valence-corrected chi connectivity index (χ2v) is 5.08. The van der Waals surface area contributed by atoms with Crippen LogP contribution in [0, 0.1) is 0 Å². The molecule has 0 radical (unpaired) electrons. The molecular formula is C14H18O2. The Hall–Kier alpha value is -0.860. The van der Waals surface area contributed by atoms with Crippen LogP contribution in [-0.4, -0.2) is 17.8 Å². The number of benzene rings is 1. The molecule has 0 aromatic heterocycles. The molecule has 1 aliphatic carbocycles. The Kier molecular flexibility index (Phi) is 2.49. The summed E-state index contributed by atoms with van der Waals surface area (Å²) in [5.41, 5.74) is 1.38. The van der Waals surface area contributed by atoms with Gasteiger partial charge in [-0.2, -0.15) is 0 Å². The fraction of sp³-hybridized carbons (Fsp3) is 0.571. The summed E-state index contributed by atoms with van der Waals surface area (Å²) < 4.78 is 11.7. The topological polar surface area (TPSA) is 21.8 Å². The molecule has 3 atom stereocenters. The molecule has 2 heteroatoms. The Balaban J connectivity index is 1.56. The average molecular weight is 218 g/mol. The predicted octanol–water partition coefficient (Wildman–Crippen LogP) is 2.91. The van der Waals surface area contributed by atoms with Crippen molar-refractivity contribution in [3.8, 4) is 0 Å². The third kappa shape index (κ3) is 1.87. The van der Waals surface area contributed by atoms with Crippen molar-refractivity contribution in [3.63, 3.8) is 0 Å². The van der Waals surface area contributed by atoms with E-state index in [9.17, 15) is 0 Å². The number of hydrogen-bond donors (Lipinski definition) is 0. The summed E-state index contributed by atoms with van der Waals surface area (Å²) in [7, 11) is 0. The fourth-order valence-corrected chi connectivity index (χ4v) is 2.68. The van der Waals surface area contributed by atoms with E-state index in [0.717, 1.165) is 6.42 Å². The van der Waals surface area contributed by atoms with Gasteiger partial charge in [0, 0.05) is 0 Å². The highest BCUT2D eigenvalue weighted by molar-refractivity contribution is 5.14. The molecule has 1 saturated carbocycles. The molecule has 16 heavy (non-hydrogen) atoms. The van der Waals surface area contributed by atoms with Gasteiger partial charge in [-0.05, 0) is 31.7 Å². The number of hydrogen-bond acceptors (Lipinski definition) is 2. The van der Waals surface area contributed by atoms with Crippen LogP contribution >= 0.6 is 0 Å². The van der Waals surface area contributed by atoms with E-state index in [4.69, 9.17) is 9.47 Å². The maximum atomic E-state index is 5.96. The lowest BCUT2D eigenvalue weighted by Crippen LogP contribution is -2.30. The Morgan fingerprint density at radius 3 is 3.00 bits per heavy atom. The first-order chi connectivity index (χ1) is 7.78. The molecule has 2 fully saturated rings. The summed E-state index contributed by atoms with van der Waals surface area (Å²) in [6, 6.07) is 10.4. The van der Waals surface area contributed by atoms with Crippen LogP contribution in [0.15, 0.2) is 30.3 Å². The van der Waals surface area contributed by atoms with Crippen molar-refractivity contribution in [2.45, 2.75) is 50.6 Å². The maximum absolute atomic E-state index is 5.96. The zero-order valence-electron chi connectivity index (χ0n) is 9.69. The van der Waals surface area contributed by atoms with Gasteiger partial charge < -0.3 is 9.47 Å². The zero-order chi connectivity index (χ0) is 11.0. The molecule has 1 saturated heterocycles. The van der Waals surface area contributed by atoms with Crippen LogP contribution in [0.4, 0.5) is 0 Å². The quantitative estimate of drug-likeness (QED) is 0.728. The van der Waals surface area contributed by atoms with Crippen molar-refractivity contribution in [2.75, 3.05) is 0 Å². The van der Waals surface area contributed by atoms with Crippen LogP contribution in [0.5, 0.6) is 0 Å². The van der Waals surface area contributed by atoms with E-state index < -0.39 is 0 Å². The van der Waals surface area contributed by atoms with Gasteiger partial charge in [0.25, 0.3) is 0 Å². The highest BCUT2D eigenvalue weighted by Crippen LogP contribution is 2.48. The van der Waals surface area contributed by atoms with Crippen molar-refractivity contribution in [3.05, 3.63) is 35.9 Å². The van der Waals surface area contributed by atoms with Crippen molar-refractivity contribution in [1.29, 1.82) is 0 Å². The maximum Gasteiger partial charge on any atom is 0.113 e. The van der Waals surface area contributed by atoms with Gasteiger partial charge in [0.1, 0.15) is 6.10 Å². The van der Waals surface area contributed by atoms with Crippen molar-refractivity contribution < 1.29 is 9.47 Å². The normalized spacial score (nSPS) is 36.8. The predicted molar refractivity (Wildman–Crippen MR) is 62.1 cm³/mol. The summed E-state index contributed by atoms with van der Waals surface area (Å²) in [5.74, 6) is 0. The second kappa shape index (κ2) is 3.86. The first-order valence-electron chi connectivity index (χ1n) is 6.11.